The third-order valence-electron chi connectivity index (χ3n) is 6.50. The van der Waals surface area contributed by atoms with E-state index in [4.69, 9.17) is 9.26 Å². The van der Waals surface area contributed by atoms with Gasteiger partial charge < -0.3 is 9.74 Å². The van der Waals surface area contributed by atoms with Gasteiger partial charge in [-0.25, -0.2) is 9.45 Å². The van der Waals surface area contributed by atoms with Crippen molar-refractivity contribution in [2.45, 2.75) is 58.4 Å². The Balaban J connectivity index is 1.83. The molecule has 1 aliphatic heterocycles. The lowest BCUT2D eigenvalue weighted by Crippen LogP contribution is -2.46. The summed E-state index contributed by atoms with van der Waals surface area (Å²) in [4.78, 5) is 31.8. The number of amides is 1. The molecule has 10 heteroatoms. The zero-order valence-corrected chi connectivity index (χ0v) is 23.9. The van der Waals surface area contributed by atoms with Crippen LogP contribution in [0.25, 0.3) is 0 Å². The molecule has 2 heterocycles. The third kappa shape index (κ3) is 5.72. The molecule has 1 amide bonds. The van der Waals surface area contributed by atoms with Gasteiger partial charge in [0, 0.05) is 16.7 Å². The minimum atomic E-state index is -1.97. The highest BCUT2D eigenvalue weighted by Gasteiger charge is 2.39. The molecule has 1 aromatic carbocycles. The quantitative estimate of drug-likeness (QED) is 0.349. The molecule has 1 atom stereocenters. The number of hydroxylamine groups is 2. The first kappa shape index (κ1) is 26.8. The van der Waals surface area contributed by atoms with Gasteiger partial charge in [-0.15, -0.1) is 0 Å². The van der Waals surface area contributed by atoms with Crippen molar-refractivity contribution < 1.29 is 18.4 Å². The molecule has 0 bridgehead atoms. The number of aromatic nitrogens is 1. The van der Waals surface area contributed by atoms with Gasteiger partial charge in [0.25, 0.3) is 11.5 Å². The predicted octanol–water partition coefficient (Wildman–Crippen LogP) is 5.21. The Labute approximate surface area is 214 Å². The lowest BCUT2D eigenvalue weighted by atomic mass is 10.0. The average Bonchev–Trinajstić information content (AvgIpc) is 2.71. The molecule has 0 spiro atoms. The molecule has 1 aliphatic rings. The fraction of sp³-hybridized carbons (Fsp3) is 0.500. The summed E-state index contributed by atoms with van der Waals surface area (Å²) in [5.74, 6) is -0.596. The van der Waals surface area contributed by atoms with Gasteiger partial charge in [-0.1, -0.05) is 20.8 Å². The number of pyridine rings is 1. The number of hydrogen-bond donors (Lipinski definition) is 1. The van der Waals surface area contributed by atoms with E-state index in [0.29, 0.717) is 24.1 Å². The molecule has 3 rings (SSSR count). The minimum Gasteiger partial charge on any atom is -0.412 e. The maximum Gasteiger partial charge on any atom is 0.281 e. The fourth-order valence-corrected chi connectivity index (χ4v) is 5.41. The van der Waals surface area contributed by atoms with Gasteiger partial charge in [0.05, 0.1) is 30.5 Å². The molecule has 0 saturated carbocycles. The monoisotopic (exact) mass is 601 g/mol. The summed E-state index contributed by atoms with van der Waals surface area (Å²) in [5.41, 5.74) is 0.841. The first-order valence-corrected chi connectivity index (χ1v) is 15.3. The van der Waals surface area contributed by atoms with Gasteiger partial charge in [0.1, 0.15) is 11.6 Å². The number of anilines is 2. The lowest BCUT2D eigenvalue weighted by Gasteiger charge is -2.38. The second-order valence-corrected chi connectivity index (χ2v) is 16.2. The number of carbonyl (C=O) groups excluding carboxylic acids is 1. The van der Waals surface area contributed by atoms with E-state index in [1.54, 1.807) is 19.2 Å². The van der Waals surface area contributed by atoms with Crippen LogP contribution in [0.2, 0.25) is 18.1 Å². The van der Waals surface area contributed by atoms with Crippen LogP contribution in [0.3, 0.4) is 0 Å². The molecule has 0 unspecified atom stereocenters. The van der Waals surface area contributed by atoms with Gasteiger partial charge in [0.2, 0.25) is 0 Å². The van der Waals surface area contributed by atoms with Crippen LogP contribution in [0, 0.1) is 9.39 Å². The molecule has 7 nitrogen and oxygen atoms in total. The zero-order chi connectivity index (χ0) is 25.4. The van der Waals surface area contributed by atoms with Gasteiger partial charge in [-0.05, 0) is 77.8 Å². The Morgan fingerprint density at radius 3 is 2.53 bits per heavy atom. The van der Waals surface area contributed by atoms with Gasteiger partial charge in [-0.3, -0.25) is 19.0 Å². The molecule has 186 valence electrons. The number of fused-ring (bicyclic) bond motifs is 1. The Hall–Kier alpha value is -1.76. The topological polar surface area (TPSA) is 72.8 Å². The van der Waals surface area contributed by atoms with Crippen LogP contribution in [-0.4, -0.2) is 43.1 Å². The summed E-state index contributed by atoms with van der Waals surface area (Å²) in [6.45, 7) is 13.4. The van der Waals surface area contributed by atoms with Crippen LogP contribution in [0.15, 0.2) is 29.1 Å². The molecule has 0 fully saturated rings. The van der Waals surface area contributed by atoms with E-state index >= 15 is 0 Å². The van der Waals surface area contributed by atoms with E-state index in [2.05, 4.69) is 39.2 Å². The number of carbonyl (C=O) groups is 1. The normalized spacial score (nSPS) is 15.3. The SMILES string of the molecule is C[C@@H](CON1CCc2cc(=O)n(C)c(Nc3ccc(I)cc3F)c2C1=O)O[Si](C)(C)C(C)(C)C. The van der Waals surface area contributed by atoms with E-state index < -0.39 is 14.1 Å². The molecular formula is C24H33FIN3O4Si. The van der Waals surface area contributed by atoms with Crippen molar-refractivity contribution in [1.82, 2.24) is 9.63 Å². The second-order valence-electron chi connectivity index (χ2n) is 10.2. The molecule has 0 aliphatic carbocycles. The summed E-state index contributed by atoms with van der Waals surface area (Å²) < 4.78 is 22.9. The maximum absolute atomic E-state index is 14.5. The number of halogens is 2. The average molecular weight is 602 g/mol. The highest BCUT2D eigenvalue weighted by Crippen LogP contribution is 2.37. The second kappa shape index (κ2) is 10.1. The molecule has 1 N–H and O–H groups in total. The first-order chi connectivity index (χ1) is 15.7. The van der Waals surface area contributed by atoms with Crippen LogP contribution in [0.5, 0.6) is 0 Å². The molecule has 0 radical (unpaired) electrons. The highest BCUT2D eigenvalue weighted by molar-refractivity contribution is 14.1. The highest BCUT2D eigenvalue weighted by atomic mass is 127. The standard InChI is InChI=1S/C24H33FIN3O4Si/c1-15(33-34(6,7)24(2,3)4)14-32-29-11-10-16-12-20(30)28(5)22(21(16)23(29)31)27-19-9-8-17(26)13-18(19)25/h8-9,12-13,15,27H,10-11,14H2,1-7H3/t15-/m0/s1. The van der Waals surface area contributed by atoms with E-state index in [-0.39, 0.29) is 40.7 Å². The number of benzene rings is 1. The first-order valence-electron chi connectivity index (χ1n) is 11.3. The fourth-order valence-electron chi connectivity index (χ4n) is 3.53. The molecular weight excluding hydrogens is 568 g/mol. The van der Waals surface area contributed by atoms with Crippen LogP contribution in [0.4, 0.5) is 15.9 Å². The van der Waals surface area contributed by atoms with E-state index in [9.17, 15) is 14.0 Å². The molecule has 0 saturated heterocycles. The van der Waals surface area contributed by atoms with Crippen molar-refractivity contribution in [1.29, 1.82) is 0 Å². The van der Waals surface area contributed by atoms with Gasteiger partial charge in [-0.2, -0.15) is 0 Å². The van der Waals surface area contributed by atoms with Crippen molar-refractivity contribution in [2.24, 2.45) is 7.05 Å². The Morgan fingerprint density at radius 1 is 1.24 bits per heavy atom. The predicted molar refractivity (Wildman–Crippen MR) is 143 cm³/mol. The molecule has 2 aromatic rings. The van der Waals surface area contributed by atoms with Crippen molar-refractivity contribution in [3.8, 4) is 0 Å². The zero-order valence-electron chi connectivity index (χ0n) is 20.8. The number of rotatable bonds is 7. The molecule has 34 heavy (non-hydrogen) atoms. The van der Waals surface area contributed by atoms with Crippen molar-refractivity contribution in [3.05, 3.63) is 55.1 Å². The van der Waals surface area contributed by atoms with E-state index in [1.165, 1.54) is 21.8 Å². The summed E-state index contributed by atoms with van der Waals surface area (Å²) in [5, 5.41) is 4.34. The third-order valence-corrected chi connectivity index (χ3v) is 11.8. The van der Waals surface area contributed by atoms with Crippen LogP contribution >= 0.6 is 22.6 Å². The van der Waals surface area contributed by atoms with Crippen molar-refractivity contribution in [2.75, 3.05) is 18.5 Å². The Bertz CT molecular complexity index is 1150. The number of nitrogens with one attached hydrogen (secondary N) is 1. The van der Waals surface area contributed by atoms with Gasteiger partial charge in [0.15, 0.2) is 8.32 Å². The van der Waals surface area contributed by atoms with Gasteiger partial charge >= 0.3 is 0 Å². The van der Waals surface area contributed by atoms with Crippen LogP contribution < -0.4 is 10.9 Å². The van der Waals surface area contributed by atoms with Crippen LogP contribution in [-0.2, 0) is 22.7 Å². The summed E-state index contributed by atoms with van der Waals surface area (Å²) in [6.07, 6.45) is 0.270. The summed E-state index contributed by atoms with van der Waals surface area (Å²) in [6, 6.07) is 6.18. The van der Waals surface area contributed by atoms with Crippen molar-refractivity contribution >= 4 is 48.3 Å². The summed E-state index contributed by atoms with van der Waals surface area (Å²) >= 11 is 2.02. The van der Waals surface area contributed by atoms with E-state index in [1.807, 2.05) is 29.5 Å². The lowest BCUT2D eigenvalue weighted by molar-refractivity contribution is -0.142. The van der Waals surface area contributed by atoms with Crippen molar-refractivity contribution in [3.63, 3.8) is 0 Å². The number of nitrogens with zero attached hydrogens (tertiary/aromatic N) is 2. The smallest absolute Gasteiger partial charge is 0.281 e. The largest absolute Gasteiger partial charge is 0.412 e. The number of hydrogen-bond acceptors (Lipinski definition) is 5. The van der Waals surface area contributed by atoms with E-state index in [0.717, 1.165) is 3.57 Å². The minimum absolute atomic E-state index is 0.0667. The summed E-state index contributed by atoms with van der Waals surface area (Å²) in [7, 11) is -0.419. The Morgan fingerprint density at radius 2 is 1.91 bits per heavy atom. The molecule has 1 aromatic heterocycles. The maximum atomic E-state index is 14.5. The Kier molecular flexibility index (Phi) is 7.95. The van der Waals surface area contributed by atoms with Crippen LogP contribution in [0.1, 0.15) is 43.6 Å².